The summed E-state index contributed by atoms with van der Waals surface area (Å²) < 4.78 is 0. The minimum Gasteiger partial charge on any atom is -0.326 e. The molecule has 0 aliphatic carbocycles. The lowest BCUT2D eigenvalue weighted by Crippen LogP contribution is -2.17. The summed E-state index contributed by atoms with van der Waals surface area (Å²) in [6.45, 7) is 3.71. The van der Waals surface area contributed by atoms with Crippen molar-refractivity contribution in [3.63, 3.8) is 0 Å². The van der Waals surface area contributed by atoms with Crippen molar-refractivity contribution in [2.24, 2.45) is 5.10 Å². The summed E-state index contributed by atoms with van der Waals surface area (Å²) in [6, 6.07) is 6.65. The summed E-state index contributed by atoms with van der Waals surface area (Å²) in [5, 5.41) is 6.47. The van der Waals surface area contributed by atoms with Crippen LogP contribution in [0.4, 0.5) is 5.69 Å². The Labute approximate surface area is 106 Å². The van der Waals surface area contributed by atoms with Crippen LogP contribution in [0.2, 0.25) is 0 Å². The van der Waals surface area contributed by atoms with Crippen molar-refractivity contribution in [1.29, 1.82) is 0 Å². The fourth-order valence-corrected chi connectivity index (χ4v) is 1.21. The Morgan fingerprint density at radius 1 is 1.22 bits per heavy atom. The van der Waals surface area contributed by atoms with Crippen LogP contribution in [0, 0.1) is 0 Å². The number of hydrogen-bond donors (Lipinski definition) is 2. The van der Waals surface area contributed by atoms with E-state index in [-0.39, 0.29) is 11.8 Å². The van der Waals surface area contributed by atoms with Crippen LogP contribution in [0.5, 0.6) is 0 Å². The van der Waals surface area contributed by atoms with E-state index in [1.54, 1.807) is 37.4 Å². The molecule has 0 aliphatic rings. The average Bonchev–Trinajstić information content (AvgIpc) is 2.39. The number of nitrogens with zero attached hydrogens (tertiary/aromatic N) is 1. The molecule has 2 N–H and O–H groups in total. The van der Waals surface area contributed by atoms with Gasteiger partial charge in [-0.05, 0) is 30.7 Å². The van der Waals surface area contributed by atoms with Gasteiger partial charge in [0.15, 0.2) is 0 Å². The van der Waals surface area contributed by atoms with Gasteiger partial charge in [-0.1, -0.05) is 13.8 Å². The molecule has 0 unspecified atom stereocenters. The Balaban J connectivity index is 2.62. The maximum absolute atomic E-state index is 11.6. The number of benzene rings is 1. The normalized spacial score (nSPS) is 10.3. The van der Waals surface area contributed by atoms with Crippen LogP contribution in [0.15, 0.2) is 29.4 Å². The first-order valence-electron chi connectivity index (χ1n) is 5.89. The van der Waals surface area contributed by atoms with Gasteiger partial charge in [0.2, 0.25) is 5.91 Å². The van der Waals surface area contributed by atoms with E-state index in [2.05, 4.69) is 15.8 Å². The maximum atomic E-state index is 11.6. The van der Waals surface area contributed by atoms with Crippen LogP contribution >= 0.6 is 0 Å². The summed E-state index contributed by atoms with van der Waals surface area (Å²) in [4.78, 5) is 22.8. The molecule has 0 atom stereocenters. The minimum absolute atomic E-state index is 0.0558. The average molecular weight is 247 g/mol. The third-order valence-corrected chi connectivity index (χ3v) is 2.19. The van der Waals surface area contributed by atoms with Gasteiger partial charge in [0, 0.05) is 23.9 Å². The second kappa shape index (κ2) is 7.21. The highest BCUT2D eigenvalue weighted by Crippen LogP contribution is 2.09. The van der Waals surface area contributed by atoms with Gasteiger partial charge in [0.1, 0.15) is 0 Å². The number of carbonyl (C=O) groups is 2. The first-order chi connectivity index (χ1) is 8.67. The third kappa shape index (κ3) is 4.37. The topological polar surface area (TPSA) is 70.6 Å². The highest BCUT2D eigenvalue weighted by atomic mass is 16.2. The van der Waals surface area contributed by atoms with Crippen molar-refractivity contribution >= 4 is 23.7 Å². The number of anilines is 1. The lowest BCUT2D eigenvalue weighted by Gasteiger charge is -2.04. The Hall–Kier alpha value is -2.17. The molecule has 18 heavy (non-hydrogen) atoms. The summed E-state index contributed by atoms with van der Waals surface area (Å²) in [7, 11) is 0. The SMILES string of the molecule is CC/C=N\NC(=O)c1ccc(NC(=O)CC)cc1. The molecule has 0 saturated heterocycles. The second-order valence-electron chi connectivity index (χ2n) is 3.64. The summed E-state index contributed by atoms with van der Waals surface area (Å²) >= 11 is 0. The molecule has 5 heteroatoms. The van der Waals surface area contributed by atoms with E-state index in [0.29, 0.717) is 17.7 Å². The molecule has 0 radical (unpaired) electrons. The van der Waals surface area contributed by atoms with Crippen LogP contribution in [-0.4, -0.2) is 18.0 Å². The van der Waals surface area contributed by atoms with Gasteiger partial charge < -0.3 is 5.32 Å². The van der Waals surface area contributed by atoms with Crippen LogP contribution in [0.25, 0.3) is 0 Å². The third-order valence-electron chi connectivity index (χ3n) is 2.19. The number of carbonyl (C=O) groups excluding carboxylic acids is 2. The monoisotopic (exact) mass is 247 g/mol. The minimum atomic E-state index is -0.270. The lowest BCUT2D eigenvalue weighted by molar-refractivity contribution is -0.115. The quantitative estimate of drug-likeness (QED) is 0.618. The standard InChI is InChI=1S/C13H17N3O2/c1-3-9-14-16-13(18)10-5-7-11(8-6-10)15-12(17)4-2/h5-9H,3-4H2,1-2H3,(H,15,17)(H,16,18)/b14-9-. The van der Waals surface area contributed by atoms with E-state index in [4.69, 9.17) is 0 Å². The molecule has 0 bridgehead atoms. The molecule has 1 aromatic carbocycles. The van der Waals surface area contributed by atoms with E-state index < -0.39 is 0 Å². The molecule has 0 heterocycles. The van der Waals surface area contributed by atoms with E-state index >= 15 is 0 Å². The zero-order chi connectivity index (χ0) is 13.4. The fourth-order valence-electron chi connectivity index (χ4n) is 1.21. The fraction of sp³-hybridized carbons (Fsp3) is 0.308. The number of hydrogen-bond acceptors (Lipinski definition) is 3. The molecule has 1 aromatic rings. The zero-order valence-electron chi connectivity index (χ0n) is 10.6. The molecule has 2 amide bonds. The van der Waals surface area contributed by atoms with E-state index in [9.17, 15) is 9.59 Å². The molecule has 0 spiro atoms. The number of rotatable bonds is 5. The Kier molecular flexibility index (Phi) is 5.57. The van der Waals surface area contributed by atoms with E-state index in [1.165, 1.54) is 0 Å². The van der Waals surface area contributed by atoms with Gasteiger partial charge in [-0.15, -0.1) is 0 Å². The predicted octanol–water partition coefficient (Wildman–Crippen LogP) is 2.16. The molecular weight excluding hydrogens is 230 g/mol. The molecule has 96 valence electrons. The van der Waals surface area contributed by atoms with Gasteiger partial charge in [0.05, 0.1) is 0 Å². The van der Waals surface area contributed by atoms with Gasteiger partial charge >= 0.3 is 0 Å². The molecule has 5 nitrogen and oxygen atoms in total. The highest BCUT2D eigenvalue weighted by Gasteiger charge is 2.04. The van der Waals surface area contributed by atoms with Crippen molar-refractivity contribution < 1.29 is 9.59 Å². The van der Waals surface area contributed by atoms with Crippen LogP contribution in [0.3, 0.4) is 0 Å². The molecule has 0 fully saturated rings. The van der Waals surface area contributed by atoms with Gasteiger partial charge in [-0.25, -0.2) is 5.43 Å². The van der Waals surface area contributed by atoms with E-state index in [1.807, 2.05) is 6.92 Å². The van der Waals surface area contributed by atoms with Gasteiger partial charge in [-0.3, -0.25) is 9.59 Å². The summed E-state index contributed by atoms with van der Waals surface area (Å²) in [5.74, 6) is -0.326. The first kappa shape index (κ1) is 13.9. The Morgan fingerprint density at radius 2 is 1.89 bits per heavy atom. The molecule has 0 aliphatic heterocycles. The van der Waals surface area contributed by atoms with Crippen LogP contribution in [0.1, 0.15) is 37.0 Å². The van der Waals surface area contributed by atoms with Gasteiger partial charge in [-0.2, -0.15) is 5.10 Å². The van der Waals surface area contributed by atoms with Gasteiger partial charge in [0.25, 0.3) is 5.91 Å². The predicted molar refractivity (Wildman–Crippen MR) is 71.6 cm³/mol. The smallest absolute Gasteiger partial charge is 0.271 e. The number of amides is 2. The van der Waals surface area contributed by atoms with Crippen molar-refractivity contribution in [1.82, 2.24) is 5.43 Å². The highest BCUT2D eigenvalue weighted by molar-refractivity contribution is 5.95. The van der Waals surface area contributed by atoms with Crippen molar-refractivity contribution in [3.05, 3.63) is 29.8 Å². The first-order valence-corrected chi connectivity index (χ1v) is 5.89. The lowest BCUT2D eigenvalue weighted by atomic mass is 10.2. The Morgan fingerprint density at radius 3 is 2.44 bits per heavy atom. The van der Waals surface area contributed by atoms with Crippen molar-refractivity contribution in [2.45, 2.75) is 26.7 Å². The number of nitrogens with one attached hydrogen (secondary N) is 2. The number of hydrazone groups is 1. The van der Waals surface area contributed by atoms with Crippen LogP contribution < -0.4 is 10.7 Å². The molecule has 1 rings (SSSR count). The van der Waals surface area contributed by atoms with E-state index in [0.717, 1.165) is 6.42 Å². The summed E-state index contributed by atoms with van der Waals surface area (Å²) in [5.41, 5.74) is 3.59. The largest absolute Gasteiger partial charge is 0.326 e. The second-order valence-corrected chi connectivity index (χ2v) is 3.64. The molecular formula is C13H17N3O2. The molecule has 0 saturated carbocycles. The summed E-state index contributed by atoms with van der Waals surface area (Å²) in [6.07, 6.45) is 2.81. The molecule has 0 aromatic heterocycles. The van der Waals surface area contributed by atoms with Crippen LogP contribution in [-0.2, 0) is 4.79 Å². The Bertz CT molecular complexity index is 438. The van der Waals surface area contributed by atoms with Crippen molar-refractivity contribution in [2.75, 3.05) is 5.32 Å². The maximum Gasteiger partial charge on any atom is 0.271 e. The zero-order valence-corrected chi connectivity index (χ0v) is 10.6. The van der Waals surface area contributed by atoms with Crippen molar-refractivity contribution in [3.8, 4) is 0 Å².